The van der Waals surface area contributed by atoms with Crippen molar-refractivity contribution in [2.45, 2.75) is 58.7 Å². The number of aromatic hydroxyl groups is 1. The molecule has 0 amide bonds. The van der Waals surface area contributed by atoms with E-state index in [1.807, 2.05) is 4.57 Å². The number of hydrogen-bond acceptors (Lipinski definition) is 7. The zero-order valence-electron chi connectivity index (χ0n) is 17.6. The van der Waals surface area contributed by atoms with Crippen LogP contribution in [0.3, 0.4) is 0 Å². The second kappa shape index (κ2) is 9.25. The van der Waals surface area contributed by atoms with Crippen LogP contribution in [0.15, 0.2) is 24.5 Å². The molecule has 0 aliphatic carbocycles. The fourth-order valence-electron chi connectivity index (χ4n) is 3.01. The first kappa shape index (κ1) is 21.8. The van der Waals surface area contributed by atoms with Gasteiger partial charge < -0.3 is 25.4 Å². The monoisotopic (exact) mass is 416 g/mol. The maximum absolute atomic E-state index is 13.5. The van der Waals surface area contributed by atoms with Gasteiger partial charge in [-0.25, -0.2) is 9.37 Å². The summed E-state index contributed by atoms with van der Waals surface area (Å²) >= 11 is 0. The molecule has 0 fully saturated rings. The van der Waals surface area contributed by atoms with E-state index in [1.54, 1.807) is 20.2 Å². The van der Waals surface area contributed by atoms with Gasteiger partial charge in [0.25, 0.3) is 0 Å². The minimum atomic E-state index is -0.930. The first-order valence-corrected chi connectivity index (χ1v) is 10.2. The average Bonchev–Trinajstić information content (AvgIpc) is 3.10. The highest BCUT2D eigenvalue weighted by Gasteiger charge is 2.17. The molecule has 2 aromatic heterocycles. The summed E-state index contributed by atoms with van der Waals surface area (Å²) in [7, 11) is 0. The molecule has 0 aliphatic rings. The van der Waals surface area contributed by atoms with Crippen molar-refractivity contribution in [1.29, 1.82) is 0 Å². The standard InChI is InChI=1S/C21H29FN6O2/c1-4-5-6-9-28-13-25-17-18(23-11-14-10-15(22)7-8-16(14)29)26-20(27-19(17)28)24-12-21(2,3)30/h7-8,10,13,29-30H,4-6,9,11-12H2,1-3H3,(H2,23,24,26,27). The van der Waals surface area contributed by atoms with Gasteiger partial charge in [0, 0.05) is 25.2 Å². The number of hydrogen-bond donors (Lipinski definition) is 4. The first-order chi connectivity index (χ1) is 14.3. The van der Waals surface area contributed by atoms with Crippen molar-refractivity contribution >= 4 is 22.9 Å². The molecule has 0 aliphatic heterocycles. The lowest BCUT2D eigenvalue weighted by Crippen LogP contribution is -2.30. The molecule has 9 heteroatoms. The predicted octanol–water partition coefficient (Wildman–Crippen LogP) is 3.66. The number of aromatic nitrogens is 4. The van der Waals surface area contributed by atoms with Gasteiger partial charge >= 0.3 is 0 Å². The molecule has 0 atom stereocenters. The molecule has 0 spiro atoms. The van der Waals surface area contributed by atoms with E-state index in [-0.39, 0.29) is 18.8 Å². The Morgan fingerprint density at radius 2 is 1.97 bits per heavy atom. The number of nitrogens with one attached hydrogen (secondary N) is 2. The van der Waals surface area contributed by atoms with Crippen molar-refractivity contribution in [1.82, 2.24) is 19.5 Å². The van der Waals surface area contributed by atoms with Gasteiger partial charge in [0.15, 0.2) is 17.0 Å². The summed E-state index contributed by atoms with van der Waals surface area (Å²) in [5, 5.41) is 26.2. The zero-order valence-corrected chi connectivity index (χ0v) is 17.6. The van der Waals surface area contributed by atoms with Gasteiger partial charge in [-0.2, -0.15) is 9.97 Å². The number of benzene rings is 1. The minimum Gasteiger partial charge on any atom is -0.508 e. The van der Waals surface area contributed by atoms with Crippen molar-refractivity contribution in [3.63, 3.8) is 0 Å². The van der Waals surface area contributed by atoms with Crippen LogP contribution in [0.4, 0.5) is 16.2 Å². The van der Waals surface area contributed by atoms with Crippen LogP contribution in [0, 0.1) is 5.82 Å². The molecule has 8 nitrogen and oxygen atoms in total. The first-order valence-electron chi connectivity index (χ1n) is 10.2. The molecule has 0 saturated heterocycles. The van der Waals surface area contributed by atoms with Gasteiger partial charge in [0.1, 0.15) is 11.6 Å². The van der Waals surface area contributed by atoms with Crippen LogP contribution in [-0.4, -0.2) is 41.9 Å². The SMILES string of the molecule is CCCCCn1cnc2c(NCc3cc(F)ccc3O)nc(NCC(C)(C)O)nc21. The highest BCUT2D eigenvalue weighted by molar-refractivity contribution is 5.84. The van der Waals surface area contributed by atoms with E-state index in [0.717, 1.165) is 25.8 Å². The highest BCUT2D eigenvalue weighted by Crippen LogP contribution is 2.24. The van der Waals surface area contributed by atoms with E-state index >= 15 is 0 Å². The van der Waals surface area contributed by atoms with Gasteiger partial charge in [0.2, 0.25) is 5.95 Å². The van der Waals surface area contributed by atoms with Crippen LogP contribution >= 0.6 is 0 Å². The van der Waals surface area contributed by atoms with E-state index in [2.05, 4.69) is 32.5 Å². The molecule has 4 N–H and O–H groups in total. The summed E-state index contributed by atoms with van der Waals surface area (Å²) < 4.78 is 15.5. The number of phenolic OH excluding ortho intramolecular Hbond substituents is 1. The van der Waals surface area contributed by atoms with Crippen LogP contribution in [0.25, 0.3) is 11.2 Å². The summed E-state index contributed by atoms with van der Waals surface area (Å²) in [5.74, 6) is 0.397. The summed E-state index contributed by atoms with van der Waals surface area (Å²) in [6.07, 6.45) is 4.97. The third-order valence-corrected chi connectivity index (χ3v) is 4.63. The molecular formula is C21H29FN6O2. The molecule has 0 unspecified atom stereocenters. The topological polar surface area (TPSA) is 108 Å². The number of rotatable bonds is 10. The molecule has 0 saturated carbocycles. The molecule has 3 rings (SSSR count). The van der Waals surface area contributed by atoms with Crippen molar-refractivity contribution in [3.8, 4) is 5.75 Å². The summed E-state index contributed by atoms with van der Waals surface area (Å²) in [6, 6.07) is 3.80. The lowest BCUT2D eigenvalue weighted by atomic mass is 10.1. The predicted molar refractivity (Wildman–Crippen MR) is 115 cm³/mol. The second-order valence-corrected chi connectivity index (χ2v) is 8.01. The number of aliphatic hydroxyl groups is 1. The third kappa shape index (κ3) is 5.56. The van der Waals surface area contributed by atoms with E-state index in [9.17, 15) is 14.6 Å². The number of unbranched alkanes of at least 4 members (excludes halogenated alkanes) is 2. The maximum Gasteiger partial charge on any atom is 0.226 e. The fraction of sp³-hybridized carbons (Fsp3) is 0.476. The van der Waals surface area contributed by atoms with Crippen LogP contribution in [0.2, 0.25) is 0 Å². The molecule has 162 valence electrons. The second-order valence-electron chi connectivity index (χ2n) is 8.01. The van der Waals surface area contributed by atoms with Gasteiger partial charge in [0.05, 0.1) is 11.9 Å². The van der Waals surface area contributed by atoms with Crippen LogP contribution in [0.5, 0.6) is 5.75 Å². The van der Waals surface area contributed by atoms with Gasteiger partial charge in [-0.1, -0.05) is 19.8 Å². The van der Waals surface area contributed by atoms with Crippen LogP contribution < -0.4 is 10.6 Å². The molecule has 0 radical (unpaired) electrons. The number of nitrogens with zero attached hydrogens (tertiary/aromatic N) is 4. The van der Waals surface area contributed by atoms with Crippen molar-refractivity contribution in [2.75, 3.05) is 17.2 Å². The number of anilines is 2. The molecule has 3 aromatic rings. The Kier molecular flexibility index (Phi) is 6.71. The van der Waals surface area contributed by atoms with E-state index in [0.29, 0.717) is 28.5 Å². The molecule has 2 heterocycles. The van der Waals surface area contributed by atoms with E-state index in [4.69, 9.17) is 0 Å². The number of aryl methyl sites for hydroxylation is 1. The maximum atomic E-state index is 13.5. The minimum absolute atomic E-state index is 0.000302. The Balaban J connectivity index is 1.90. The normalized spacial score (nSPS) is 11.8. The number of halogens is 1. The summed E-state index contributed by atoms with van der Waals surface area (Å²) in [5.41, 5.74) is 0.748. The Labute approximate surface area is 175 Å². The number of phenols is 1. The van der Waals surface area contributed by atoms with Gasteiger partial charge in [-0.15, -0.1) is 0 Å². The Hall–Kier alpha value is -2.94. The average molecular weight is 417 g/mol. The third-order valence-electron chi connectivity index (χ3n) is 4.63. The molecule has 30 heavy (non-hydrogen) atoms. The lowest BCUT2D eigenvalue weighted by molar-refractivity contribution is 0.0943. The van der Waals surface area contributed by atoms with Crippen molar-refractivity contribution < 1.29 is 14.6 Å². The molecule has 1 aromatic carbocycles. The smallest absolute Gasteiger partial charge is 0.226 e. The van der Waals surface area contributed by atoms with Crippen LogP contribution in [-0.2, 0) is 13.1 Å². The summed E-state index contributed by atoms with van der Waals surface area (Å²) in [4.78, 5) is 13.5. The quantitative estimate of drug-likeness (QED) is 0.374. The molecule has 0 bridgehead atoms. The van der Waals surface area contributed by atoms with E-state index in [1.165, 1.54) is 18.2 Å². The van der Waals surface area contributed by atoms with Crippen molar-refractivity contribution in [3.05, 3.63) is 35.9 Å². The molecular weight excluding hydrogens is 387 g/mol. The van der Waals surface area contributed by atoms with Gasteiger partial charge in [-0.05, 0) is 38.5 Å². The Morgan fingerprint density at radius 1 is 1.17 bits per heavy atom. The lowest BCUT2D eigenvalue weighted by Gasteiger charge is -2.18. The number of imidazole rings is 1. The van der Waals surface area contributed by atoms with Crippen LogP contribution in [0.1, 0.15) is 45.6 Å². The Morgan fingerprint density at radius 3 is 2.70 bits per heavy atom. The van der Waals surface area contributed by atoms with Gasteiger partial charge in [-0.3, -0.25) is 0 Å². The fourth-order valence-corrected chi connectivity index (χ4v) is 3.01. The zero-order chi connectivity index (χ0) is 21.7. The summed E-state index contributed by atoms with van der Waals surface area (Å²) in [6.45, 7) is 6.77. The Bertz CT molecular complexity index is 999. The largest absolute Gasteiger partial charge is 0.508 e. The number of fused-ring (bicyclic) bond motifs is 1. The van der Waals surface area contributed by atoms with Crippen molar-refractivity contribution in [2.24, 2.45) is 0 Å². The van der Waals surface area contributed by atoms with E-state index < -0.39 is 11.4 Å². The highest BCUT2D eigenvalue weighted by atomic mass is 19.1.